The molecule has 0 spiro atoms. The van der Waals surface area contributed by atoms with Gasteiger partial charge in [-0.3, -0.25) is 10.2 Å². The molecular weight excluding hydrogens is 573 g/mol. The summed E-state index contributed by atoms with van der Waals surface area (Å²) < 4.78 is 49.4. The van der Waals surface area contributed by atoms with Crippen LogP contribution < -0.4 is 5.32 Å². The summed E-state index contributed by atoms with van der Waals surface area (Å²) in [6.07, 6.45) is -1.16. The Morgan fingerprint density at radius 2 is 1.53 bits per heavy atom. The van der Waals surface area contributed by atoms with Crippen molar-refractivity contribution in [3.8, 4) is 11.1 Å². The first kappa shape index (κ1) is 30.5. The fraction of sp³-hybridized carbons (Fsp3) is 0.375. The lowest BCUT2D eigenvalue weighted by Crippen LogP contribution is -2.49. The molecule has 1 aliphatic carbocycles. The number of nitrogens with one attached hydrogen (secondary N) is 1. The fourth-order valence-corrected chi connectivity index (χ4v) is 6.41. The molecule has 0 radical (unpaired) electrons. The average Bonchev–Trinajstić information content (AvgIpc) is 3.26. The Morgan fingerprint density at radius 1 is 0.953 bits per heavy atom. The number of carbonyl (C=O) groups is 2. The van der Waals surface area contributed by atoms with Crippen molar-refractivity contribution >= 4 is 28.1 Å². The van der Waals surface area contributed by atoms with Crippen molar-refractivity contribution in [2.45, 2.75) is 50.7 Å². The molecule has 2 aliphatic rings. The van der Waals surface area contributed by atoms with Crippen LogP contribution in [0.25, 0.3) is 11.1 Å². The average molecular weight is 610 g/mol. The smallest absolute Gasteiger partial charge is 0.411 e. The van der Waals surface area contributed by atoms with Crippen molar-refractivity contribution in [3.05, 3.63) is 82.9 Å². The Hall–Kier alpha value is -3.96. The predicted octanol–water partition coefficient (Wildman–Crippen LogP) is 6.07. The van der Waals surface area contributed by atoms with Gasteiger partial charge in [0.2, 0.25) is 0 Å². The molecule has 2 amide bonds. The minimum absolute atomic E-state index is 0.0781. The summed E-state index contributed by atoms with van der Waals surface area (Å²) in [7, 11) is -5.06. The zero-order valence-electron chi connectivity index (χ0n) is 24.7. The van der Waals surface area contributed by atoms with Gasteiger partial charge in [0.1, 0.15) is 17.1 Å². The van der Waals surface area contributed by atoms with Gasteiger partial charge in [-0.05, 0) is 73.2 Å². The van der Waals surface area contributed by atoms with Crippen LogP contribution in [0.2, 0.25) is 0 Å². The molecule has 5 rings (SSSR count). The third-order valence-corrected chi connectivity index (χ3v) is 8.69. The van der Waals surface area contributed by atoms with Crippen LogP contribution >= 0.6 is 0 Å². The van der Waals surface area contributed by atoms with E-state index in [2.05, 4.69) is 5.32 Å². The largest absolute Gasteiger partial charge is 0.448 e. The molecule has 1 saturated heterocycles. The molecule has 1 heterocycles. The first-order valence-corrected chi connectivity index (χ1v) is 15.6. The van der Waals surface area contributed by atoms with E-state index >= 15 is 0 Å². The maximum absolute atomic E-state index is 14.3. The molecule has 1 aliphatic heterocycles. The van der Waals surface area contributed by atoms with Crippen molar-refractivity contribution in [2.24, 2.45) is 0 Å². The number of rotatable bonds is 6. The van der Waals surface area contributed by atoms with E-state index < -0.39 is 26.8 Å². The number of amides is 2. The highest BCUT2D eigenvalue weighted by Crippen LogP contribution is 2.44. The maximum Gasteiger partial charge on any atom is 0.411 e. The van der Waals surface area contributed by atoms with Crippen molar-refractivity contribution in [3.63, 3.8) is 0 Å². The topological polar surface area (TPSA) is 105 Å². The van der Waals surface area contributed by atoms with Gasteiger partial charge in [0, 0.05) is 44.3 Å². The van der Waals surface area contributed by atoms with Gasteiger partial charge >= 0.3 is 22.4 Å². The van der Waals surface area contributed by atoms with Gasteiger partial charge in [-0.1, -0.05) is 48.5 Å². The van der Waals surface area contributed by atoms with E-state index in [1.54, 1.807) is 11.0 Å². The maximum atomic E-state index is 14.3. The van der Waals surface area contributed by atoms with Crippen molar-refractivity contribution in [1.82, 2.24) is 9.80 Å². The molecule has 43 heavy (non-hydrogen) atoms. The summed E-state index contributed by atoms with van der Waals surface area (Å²) in [5.41, 5.74) is 4.63. The number of piperazine rings is 1. The van der Waals surface area contributed by atoms with Gasteiger partial charge in [-0.2, -0.15) is 8.42 Å². The van der Waals surface area contributed by atoms with Crippen LogP contribution in [0.1, 0.15) is 48.9 Å². The van der Waals surface area contributed by atoms with Crippen molar-refractivity contribution in [2.75, 3.05) is 38.1 Å². The number of fused-ring (bicyclic) bond motifs is 3. The molecule has 11 heteroatoms. The predicted molar refractivity (Wildman–Crippen MR) is 161 cm³/mol. The van der Waals surface area contributed by atoms with Crippen LogP contribution in [-0.4, -0.2) is 68.8 Å². The number of hydrogen-bond acceptors (Lipinski definition) is 7. The summed E-state index contributed by atoms with van der Waals surface area (Å²) in [6, 6.07) is 18.7. The Morgan fingerprint density at radius 3 is 2.09 bits per heavy atom. The Labute approximate surface area is 251 Å². The standard InChI is InChI=1S/C32H36FN3O6S/c1-21-22(19-35-13-15-36(16-14-35)31(38)42-32(2,3)4)17-23(18-29(21)43(33,39)40)34-30(37)41-20-28-26-11-7-5-9-24(26)25-10-6-8-12-27(25)28/h5-12,17-18,28H,13-16,19-20H2,1-4H3,(H,34,37). The lowest BCUT2D eigenvalue weighted by Gasteiger charge is -2.35. The normalized spacial score (nSPS) is 15.5. The fourth-order valence-electron chi connectivity index (χ4n) is 5.64. The molecule has 1 N–H and O–H groups in total. The minimum Gasteiger partial charge on any atom is -0.448 e. The minimum atomic E-state index is -5.06. The molecule has 3 aromatic carbocycles. The van der Waals surface area contributed by atoms with Crippen LogP contribution in [0.4, 0.5) is 19.2 Å². The van der Waals surface area contributed by atoms with Crippen molar-refractivity contribution < 1.29 is 31.4 Å². The summed E-state index contributed by atoms with van der Waals surface area (Å²) in [5, 5.41) is 2.59. The highest BCUT2D eigenvalue weighted by atomic mass is 32.3. The van der Waals surface area contributed by atoms with Gasteiger partial charge in [0.15, 0.2) is 0 Å². The van der Waals surface area contributed by atoms with Crippen LogP contribution in [0.5, 0.6) is 0 Å². The highest BCUT2D eigenvalue weighted by Gasteiger charge is 2.30. The second kappa shape index (κ2) is 12.0. The van der Waals surface area contributed by atoms with Gasteiger partial charge in [-0.15, -0.1) is 3.89 Å². The molecule has 0 atom stereocenters. The molecule has 0 aromatic heterocycles. The third kappa shape index (κ3) is 7.00. The number of benzene rings is 3. The summed E-state index contributed by atoms with van der Waals surface area (Å²) >= 11 is 0. The summed E-state index contributed by atoms with van der Waals surface area (Å²) in [6.45, 7) is 9.24. The molecule has 9 nitrogen and oxygen atoms in total. The molecule has 1 fully saturated rings. The number of nitrogens with zero attached hydrogens (tertiary/aromatic N) is 2. The number of ether oxygens (including phenoxy) is 2. The highest BCUT2D eigenvalue weighted by molar-refractivity contribution is 7.86. The lowest BCUT2D eigenvalue weighted by molar-refractivity contribution is 0.0138. The Bertz CT molecular complexity index is 1600. The second-order valence-electron chi connectivity index (χ2n) is 11.9. The van der Waals surface area contributed by atoms with E-state index in [0.717, 1.165) is 28.3 Å². The van der Waals surface area contributed by atoms with Gasteiger partial charge in [0.05, 0.1) is 0 Å². The Kier molecular flexibility index (Phi) is 8.49. The zero-order valence-corrected chi connectivity index (χ0v) is 25.5. The molecule has 0 bridgehead atoms. The SMILES string of the molecule is Cc1c(CN2CCN(C(=O)OC(C)(C)C)CC2)cc(NC(=O)OCC2c3ccccc3-c3ccccc32)cc1S(=O)(=O)F. The molecule has 3 aromatic rings. The van der Waals surface area contributed by atoms with Crippen molar-refractivity contribution in [1.29, 1.82) is 0 Å². The van der Waals surface area contributed by atoms with Crippen LogP contribution in [0.15, 0.2) is 65.6 Å². The van der Waals surface area contributed by atoms with Gasteiger partial charge in [0.25, 0.3) is 0 Å². The molecule has 0 unspecified atom stereocenters. The number of carbonyl (C=O) groups excluding carboxylic acids is 2. The summed E-state index contributed by atoms with van der Waals surface area (Å²) in [5.74, 6) is -0.146. The first-order valence-electron chi connectivity index (χ1n) is 14.2. The molecule has 228 valence electrons. The quantitative estimate of drug-likeness (QED) is 0.339. The third-order valence-electron chi connectivity index (χ3n) is 7.74. The van der Waals surface area contributed by atoms with Gasteiger partial charge < -0.3 is 14.4 Å². The zero-order chi connectivity index (χ0) is 30.9. The van der Waals surface area contributed by atoms with Crippen LogP contribution in [0, 0.1) is 6.92 Å². The second-order valence-corrected chi connectivity index (χ2v) is 13.2. The van der Waals surface area contributed by atoms with E-state index in [1.165, 1.54) is 6.92 Å². The van der Waals surface area contributed by atoms with Crippen LogP contribution in [0.3, 0.4) is 0 Å². The number of anilines is 1. The van der Waals surface area contributed by atoms with E-state index in [9.17, 15) is 21.9 Å². The van der Waals surface area contributed by atoms with Crippen LogP contribution in [-0.2, 0) is 26.2 Å². The molecular formula is C32H36FN3O6S. The summed E-state index contributed by atoms with van der Waals surface area (Å²) in [4.78, 5) is 28.5. The van der Waals surface area contributed by atoms with E-state index in [0.29, 0.717) is 38.3 Å². The van der Waals surface area contributed by atoms with E-state index in [1.807, 2.05) is 74.2 Å². The monoisotopic (exact) mass is 609 g/mol. The number of halogens is 1. The Balaban J connectivity index is 1.27. The molecule has 0 saturated carbocycles. The van der Waals surface area contributed by atoms with E-state index in [-0.39, 0.29) is 29.9 Å². The van der Waals surface area contributed by atoms with E-state index in [4.69, 9.17) is 9.47 Å². The number of hydrogen-bond donors (Lipinski definition) is 1. The first-order chi connectivity index (χ1) is 20.3. The van der Waals surface area contributed by atoms with Gasteiger partial charge in [-0.25, -0.2) is 9.59 Å². The lowest BCUT2D eigenvalue weighted by atomic mass is 9.98.